The summed E-state index contributed by atoms with van der Waals surface area (Å²) in [7, 11) is 0. The van der Waals surface area contributed by atoms with Crippen LogP contribution >= 0.6 is 0 Å². The van der Waals surface area contributed by atoms with Crippen molar-refractivity contribution in [3.05, 3.63) is 339 Å². The Morgan fingerprint density at radius 3 is 1.19 bits per heavy atom. The zero-order chi connectivity index (χ0) is 80.4. The van der Waals surface area contributed by atoms with Gasteiger partial charge in [-0.3, -0.25) is 0 Å². The number of hydrogen-bond acceptors (Lipinski definition) is 9. The molecular weight excluding hydrogens is 1290 g/mol. The minimum Gasteiger partial charge on any atom is -0.456 e. The lowest BCUT2D eigenvalue weighted by atomic mass is 9.92. The fraction of sp³-hybridized carbons (Fsp3) is 0. The molecular formula is C96H56N6O3. The van der Waals surface area contributed by atoms with Crippen LogP contribution in [0.3, 0.4) is 0 Å². The van der Waals surface area contributed by atoms with Crippen molar-refractivity contribution < 1.29 is 31.1 Å². The lowest BCUT2D eigenvalue weighted by molar-refractivity contribution is 0.668. The molecule has 0 saturated heterocycles. The van der Waals surface area contributed by atoms with Gasteiger partial charge >= 0.3 is 0 Å². The molecule has 0 fully saturated rings. The summed E-state index contributed by atoms with van der Waals surface area (Å²) in [6.07, 6.45) is 0. The zero-order valence-corrected chi connectivity index (χ0v) is 55.2. The molecule has 22 rings (SSSR count). The van der Waals surface area contributed by atoms with E-state index in [2.05, 4.69) is 72.8 Å². The molecule has 0 bridgehead atoms. The number of benzene rings is 17. The highest BCUT2D eigenvalue weighted by atomic mass is 16.3. The van der Waals surface area contributed by atoms with E-state index < -0.39 is 60.4 Å². The Labute approximate surface area is 618 Å². The van der Waals surface area contributed by atoms with E-state index in [-0.39, 0.29) is 43.9 Å². The maximum Gasteiger partial charge on any atom is 0.167 e. The van der Waals surface area contributed by atoms with Gasteiger partial charge in [0.25, 0.3) is 0 Å². The van der Waals surface area contributed by atoms with Crippen LogP contribution in [-0.2, 0) is 0 Å². The molecule has 0 aliphatic carbocycles. The molecule has 0 N–H and O–H groups in total. The summed E-state index contributed by atoms with van der Waals surface area (Å²) in [6.45, 7) is 0. The number of fused-ring (bicyclic) bond motifs is 21. The molecule has 0 aliphatic rings. The van der Waals surface area contributed by atoms with Crippen LogP contribution < -0.4 is 0 Å². The Morgan fingerprint density at radius 1 is 0.200 bits per heavy atom. The molecule has 0 amide bonds. The van der Waals surface area contributed by atoms with Crippen LogP contribution in [-0.4, -0.2) is 29.9 Å². The van der Waals surface area contributed by atoms with Crippen molar-refractivity contribution in [3.8, 4) is 90.6 Å². The molecule has 105 heavy (non-hydrogen) atoms. The Hall–Kier alpha value is -14.3. The van der Waals surface area contributed by atoms with E-state index in [0.717, 1.165) is 54.9 Å². The molecule has 0 saturated carbocycles. The first-order valence-corrected chi connectivity index (χ1v) is 34.2. The zero-order valence-electron chi connectivity index (χ0n) is 68.2. The highest BCUT2D eigenvalue weighted by Gasteiger charge is 2.24. The molecule has 0 aliphatic heterocycles. The van der Waals surface area contributed by atoms with Gasteiger partial charge in [-0.2, -0.15) is 0 Å². The van der Waals surface area contributed by atoms with Gasteiger partial charge in [-0.05, 0) is 147 Å². The van der Waals surface area contributed by atoms with E-state index in [1.807, 2.05) is 164 Å². The molecule has 0 spiro atoms. The van der Waals surface area contributed by atoms with Crippen molar-refractivity contribution in [2.24, 2.45) is 0 Å². The minimum atomic E-state index is -0.620. The normalized spacial score (nSPS) is 13.5. The number of aromatic nitrogens is 6. The van der Waals surface area contributed by atoms with E-state index in [9.17, 15) is 5.48 Å². The summed E-state index contributed by atoms with van der Waals surface area (Å²) in [4.78, 5) is 30.0. The predicted molar refractivity (Wildman–Crippen MR) is 430 cm³/mol. The Kier molecular flexibility index (Phi) is 11.0. The standard InChI is InChI=1S/C51H29N3O2.C45H27N3O/c1-2-12-30(13-3-1)49-52-50(54-51(53-49)41-21-10-19-39-38-18-8-9-22-44(38)56-48(39)41)40-20-11-23-46-47(40)43-29-32(25-27-45(43)55-46)31-24-26-37-35-16-5-4-14-33(35)34-15-6-7-17-36(34)42(37)28-31;1-3-12-28(13-4-1)43-46-44(29-14-5-2-6-15-29)48-45(47-43)37-20-11-21-41-42(37)39-27-31(23-25-40(39)49-41)30-22-24-36-34-18-8-7-16-32(34)33-17-9-10-19-35(33)38(36)26-30/h1-29H;1-27H/i22D,27D;7D,8D,9D,10D,16D,17D,18D,19D,22D,24D,26D. The summed E-state index contributed by atoms with van der Waals surface area (Å²) in [5.74, 6) is 2.72. The molecule has 17 aromatic carbocycles. The van der Waals surface area contributed by atoms with Crippen molar-refractivity contribution in [2.75, 3.05) is 0 Å². The number of hydrogen-bond donors (Lipinski definition) is 0. The third-order valence-electron chi connectivity index (χ3n) is 19.6. The van der Waals surface area contributed by atoms with E-state index in [4.69, 9.17) is 55.5 Å². The summed E-state index contributed by atoms with van der Waals surface area (Å²) in [5.41, 5.74) is 10.0. The fourth-order valence-electron chi connectivity index (χ4n) is 14.8. The Morgan fingerprint density at radius 2 is 0.600 bits per heavy atom. The average molecular weight is 1350 g/mol. The Bertz CT molecular complexity index is 7990. The van der Waals surface area contributed by atoms with E-state index in [0.29, 0.717) is 108 Å². The van der Waals surface area contributed by atoms with Crippen LogP contribution in [0.1, 0.15) is 17.8 Å². The van der Waals surface area contributed by atoms with Crippen molar-refractivity contribution >= 4 is 130 Å². The van der Waals surface area contributed by atoms with Crippen LogP contribution in [0.5, 0.6) is 0 Å². The summed E-state index contributed by atoms with van der Waals surface area (Å²) < 4.78 is 135. The number of rotatable bonds is 8. The molecule has 0 radical (unpaired) electrons. The molecule has 9 nitrogen and oxygen atoms in total. The van der Waals surface area contributed by atoms with Crippen LogP contribution in [0.25, 0.3) is 221 Å². The number of para-hydroxylation sites is 2. The van der Waals surface area contributed by atoms with Crippen LogP contribution in [0.2, 0.25) is 0 Å². The van der Waals surface area contributed by atoms with Crippen molar-refractivity contribution in [1.29, 1.82) is 0 Å². The molecule has 488 valence electrons. The third-order valence-corrected chi connectivity index (χ3v) is 19.6. The summed E-state index contributed by atoms with van der Waals surface area (Å²) >= 11 is 0. The first-order valence-electron chi connectivity index (χ1n) is 40.7. The first kappa shape index (κ1) is 47.7. The molecule has 22 aromatic rings. The quantitative estimate of drug-likeness (QED) is 0.137. The highest BCUT2D eigenvalue weighted by Crippen LogP contribution is 2.45. The van der Waals surface area contributed by atoms with Gasteiger partial charge in [0, 0.05) is 60.1 Å². The highest BCUT2D eigenvalue weighted by molar-refractivity contribution is 6.27. The molecule has 5 heterocycles. The third kappa shape index (κ3) is 10.0. The number of nitrogens with zero attached hydrogens (tertiary/aromatic N) is 6. The largest absolute Gasteiger partial charge is 0.456 e. The minimum absolute atomic E-state index is 0.0204. The average Bonchev–Trinajstić information content (AvgIpc) is 0.799. The van der Waals surface area contributed by atoms with Gasteiger partial charge in [0.2, 0.25) is 0 Å². The van der Waals surface area contributed by atoms with E-state index >= 15 is 0 Å². The summed E-state index contributed by atoms with van der Waals surface area (Å²) in [6, 6.07) is 79.4. The molecule has 0 unspecified atom stereocenters. The first-order chi connectivity index (χ1) is 57.4. The Balaban J connectivity index is 0.000000147. The van der Waals surface area contributed by atoms with Crippen LogP contribution in [0.4, 0.5) is 0 Å². The van der Waals surface area contributed by atoms with Gasteiger partial charge in [-0.1, -0.05) is 279 Å². The second-order valence-corrected chi connectivity index (χ2v) is 25.7. The van der Waals surface area contributed by atoms with Gasteiger partial charge in [-0.15, -0.1) is 0 Å². The number of furan rings is 3. The van der Waals surface area contributed by atoms with Gasteiger partial charge in [-0.25, -0.2) is 29.9 Å². The maximum absolute atomic E-state index is 9.71. The van der Waals surface area contributed by atoms with Gasteiger partial charge in [0.15, 0.2) is 34.9 Å². The lowest BCUT2D eigenvalue weighted by Gasteiger charge is -2.12. The van der Waals surface area contributed by atoms with Gasteiger partial charge in [0.1, 0.15) is 33.5 Å². The predicted octanol–water partition coefficient (Wildman–Crippen LogP) is 25.7. The maximum atomic E-state index is 9.71. The van der Waals surface area contributed by atoms with E-state index in [1.54, 1.807) is 24.3 Å². The molecule has 9 heteroatoms. The smallest absolute Gasteiger partial charge is 0.167 e. The monoisotopic (exact) mass is 1350 g/mol. The van der Waals surface area contributed by atoms with Crippen molar-refractivity contribution in [3.63, 3.8) is 0 Å². The fourth-order valence-corrected chi connectivity index (χ4v) is 14.8. The van der Waals surface area contributed by atoms with Crippen LogP contribution in [0.15, 0.2) is 353 Å². The molecule has 0 atom stereocenters. The SMILES string of the molecule is [2H]c1c([2H])c([2H])c2c(c1[2H])c1c([2H])c([2H])c([2H])c([2H])c1c1c([2H])c(-c3ccc4oc5cccc(-c6nc(-c7ccccc7)nc(-c7ccccc7)n6)c5c4c3)c([2H])c([2H])c21.[2H]c1cccc2c1oc1c(-c3nc(-c4ccccc4)nc(-c4cccc5oc6c([2H])cc(-c7ccc8c9ccccc9c9ccccc9c8c7)cc6c45)n3)cccc12. The van der Waals surface area contributed by atoms with Crippen molar-refractivity contribution in [2.45, 2.75) is 0 Å². The van der Waals surface area contributed by atoms with Crippen molar-refractivity contribution in [1.82, 2.24) is 29.9 Å². The lowest BCUT2D eigenvalue weighted by Crippen LogP contribution is -2.00. The summed E-state index contributed by atoms with van der Waals surface area (Å²) in [5, 5.41) is 10.7. The van der Waals surface area contributed by atoms with Gasteiger partial charge < -0.3 is 13.3 Å². The van der Waals surface area contributed by atoms with E-state index in [1.165, 1.54) is 32.3 Å². The van der Waals surface area contributed by atoms with Crippen LogP contribution in [0, 0.1) is 0 Å². The second kappa shape index (κ2) is 24.2. The topological polar surface area (TPSA) is 117 Å². The molecule has 5 aromatic heterocycles. The van der Waals surface area contributed by atoms with Gasteiger partial charge in [0.05, 0.1) is 23.4 Å². The second-order valence-electron chi connectivity index (χ2n) is 25.7.